The van der Waals surface area contributed by atoms with Crippen molar-refractivity contribution in [3.05, 3.63) is 35.4 Å². The first-order valence-corrected chi connectivity index (χ1v) is 7.07. The minimum atomic E-state index is -0.152. The third-order valence-electron chi connectivity index (χ3n) is 2.57. The predicted molar refractivity (Wildman–Crippen MR) is 77.2 cm³/mol. The number of nitrogens with one attached hydrogen (secondary N) is 1. The van der Waals surface area contributed by atoms with E-state index >= 15 is 0 Å². The van der Waals surface area contributed by atoms with Gasteiger partial charge in [-0.15, -0.1) is 0 Å². The molecule has 5 heteroatoms. The third-order valence-corrected chi connectivity index (χ3v) is 3.56. The van der Waals surface area contributed by atoms with E-state index in [0.717, 1.165) is 23.6 Å². The lowest BCUT2D eigenvalue weighted by Gasteiger charge is -2.11. The molecule has 1 aromatic rings. The zero-order valence-corrected chi connectivity index (χ0v) is 11.8. The maximum absolute atomic E-state index is 11.3. The van der Waals surface area contributed by atoms with Crippen molar-refractivity contribution in [2.24, 2.45) is 5.84 Å². The molecule has 1 aromatic carbocycles. The van der Waals surface area contributed by atoms with E-state index in [1.54, 1.807) is 0 Å². The van der Waals surface area contributed by atoms with E-state index in [-0.39, 0.29) is 5.91 Å². The molecular formula is C13H21N3OS. The molecule has 1 amide bonds. The topological polar surface area (TPSA) is 58.4 Å². The van der Waals surface area contributed by atoms with E-state index in [2.05, 4.69) is 30.5 Å². The molecule has 18 heavy (non-hydrogen) atoms. The van der Waals surface area contributed by atoms with Gasteiger partial charge in [0.05, 0.1) is 6.42 Å². The molecule has 0 aromatic heterocycles. The van der Waals surface area contributed by atoms with Gasteiger partial charge in [0.15, 0.2) is 0 Å². The molecule has 0 atom stereocenters. The number of rotatable bonds is 7. The van der Waals surface area contributed by atoms with Crippen LogP contribution in [0.2, 0.25) is 0 Å². The fourth-order valence-electron chi connectivity index (χ4n) is 1.52. The lowest BCUT2D eigenvalue weighted by molar-refractivity contribution is -0.120. The second-order valence-electron chi connectivity index (χ2n) is 4.37. The number of carbonyl (C=O) groups excluding carboxylic acids is 1. The molecule has 100 valence electrons. The van der Waals surface area contributed by atoms with Crippen LogP contribution in [0.5, 0.6) is 0 Å². The van der Waals surface area contributed by atoms with Gasteiger partial charge in [-0.1, -0.05) is 24.3 Å². The van der Waals surface area contributed by atoms with E-state index < -0.39 is 0 Å². The summed E-state index contributed by atoms with van der Waals surface area (Å²) in [6.07, 6.45) is 0.348. The van der Waals surface area contributed by atoms with Gasteiger partial charge in [-0.25, -0.2) is 5.84 Å². The van der Waals surface area contributed by atoms with Gasteiger partial charge in [0.1, 0.15) is 0 Å². The Balaban J connectivity index is 2.51. The average molecular weight is 267 g/mol. The van der Waals surface area contributed by atoms with Crippen LogP contribution in [0.1, 0.15) is 11.1 Å². The van der Waals surface area contributed by atoms with E-state index in [4.69, 9.17) is 5.84 Å². The quantitative estimate of drug-likeness (QED) is 0.335. The Bertz CT molecular complexity index is 382. The molecule has 0 saturated carbocycles. The number of hydrogen-bond acceptors (Lipinski definition) is 4. The van der Waals surface area contributed by atoms with Gasteiger partial charge < -0.3 is 4.90 Å². The maximum Gasteiger partial charge on any atom is 0.238 e. The van der Waals surface area contributed by atoms with Crippen molar-refractivity contribution in [2.75, 3.05) is 26.4 Å². The van der Waals surface area contributed by atoms with Crippen LogP contribution in [0.25, 0.3) is 0 Å². The summed E-state index contributed by atoms with van der Waals surface area (Å²) in [4.78, 5) is 13.5. The molecule has 0 aliphatic rings. The van der Waals surface area contributed by atoms with Gasteiger partial charge in [0.25, 0.3) is 0 Å². The molecule has 0 spiro atoms. The molecule has 0 bridgehead atoms. The molecule has 3 N–H and O–H groups in total. The number of benzene rings is 1. The molecular weight excluding hydrogens is 246 g/mol. The molecule has 0 saturated heterocycles. The van der Waals surface area contributed by atoms with Crippen LogP contribution < -0.4 is 11.3 Å². The zero-order valence-electron chi connectivity index (χ0n) is 11.0. The van der Waals surface area contributed by atoms with Crippen LogP contribution in [0.15, 0.2) is 24.3 Å². The van der Waals surface area contributed by atoms with E-state index in [9.17, 15) is 4.79 Å². The Morgan fingerprint density at radius 2 is 2.00 bits per heavy atom. The number of nitrogens with two attached hydrogens (primary N) is 1. The molecule has 1 rings (SSSR count). The smallest absolute Gasteiger partial charge is 0.238 e. The summed E-state index contributed by atoms with van der Waals surface area (Å²) in [6, 6.07) is 8.01. The summed E-state index contributed by atoms with van der Waals surface area (Å²) in [5, 5.41) is 0. The van der Waals surface area contributed by atoms with Gasteiger partial charge in [-0.3, -0.25) is 10.2 Å². The Morgan fingerprint density at radius 3 is 2.61 bits per heavy atom. The molecule has 0 aliphatic heterocycles. The van der Waals surface area contributed by atoms with Crippen molar-refractivity contribution in [2.45, 2.75) is 12.2 Å². The van der Waals surface area contributed by atoms with Crippen LogP contribution in [-0.2, 0) is 17.0 Å². The molecule has 0 heterocycles. The van der Waals surface area contributed by atoms with Crippen LogP contribution >= 0.6 is 11.8 Å². The highest BCUT2D eigenvalue weighted by molar-refractivity contribution is 7.98. The van der Waals surface area contributed by atoms with E-state index in [1.807, 2.05) is 30.0 Å². The van der Waals surface area contributed by atoms with Crippen LogP contribution in [0, 0.1) is 0 Å². The van der Waals surface area contributed by atoms with Gasteiger partial charge >= 0.3 is 0 Å². The Labute approximate surface area is 113 Å². The van der Waals surface area contributed by atoms with Crippen LogP contribution in [0.3, 0.4) is 0 Å². The van der Waals surface area contributed by atoms with Crippen molar-refractivity contribution in [3.8, 4) is 0 Å². The summed E-state index contributed by atoms with van der Waals surface area (Å²) in [7, 11) is 4.14. The first-order valence-electron chi connectivity index (χ1n) is 5.92. The molecule has 0 aliphatic carbocycles. The van der Waals surface area contributed by atoms with Gasteiger partial charge in [0, 0.05) is 18.1 Å². The highest BCUT2D eigenvalue weighted by Gasteiger charge is 2.06. The largest absolute Gasteiger partial charge is 0.309 e. The number of nitrogens with zero attached hydrogens (tertiary/aromatic N) is 1. The molecule has 4 nitrogen and oxygen atoms in total. The minimum absolute atomic E-state index is 0.152. The average Bonchev–Trinajstić information content (AvgIpc) is 2.36. The van der Waals surface area contributed by atoms with Gasteiger partial charge in [-0.2, -0.15) is 11.8 Å². The summed E-state index contributed by atoms with van der Waals surface area (Å²) in [5.74, 6) is 6.98. The second-order valence-corrected chi connectivity index (χ2v) is 5.47. The lowest BCUT2D eigenvalue weighted by Crippen LogP contribution is -2.31. The van der Waals surface area contributed by atoms with E-state index in [1.165, 1.54) is 5.56 Å². The highest BCUT2D eigenvalue weighted by Crippen LogP contribution is 2.17. The van der Waals surface area contributed by atoms with Crippen molar-refractivity contribution >= 4 is 17.7 Å². The van der Waals surface area contributed by atoms with Gasteiger partial charge in [-0.05, 0) is 25.2 Å². The Hall–Kier alpha value is -1.04. The summed E-state index contributed by atoms with van der Waals surface area (Å²) in [6.45, 7) is 1.07. The van der Waals surface area contributed by atoms with Crippen LogP contribution in [0.4, 0.5) is 0 Å². The highest BCUT2D eigenvalue weighted by atomic mass is 32.2. The van der Waals surface area contributed by atoms with Crippen LogP contribution in [-0.4, -0.2) is 37.2 Å². The fourth-order valence-corrected chi connectivity index (χ4v) is 2.66. The SMILES string of the molecule is CN(C)CCSCc1ccccc1CC(=O)NN. The standard InChI is InChI=1S/C13H21N3OS/c1-16(2)7-8-18-10-12-6-4-3-5-11(12)9-13(17)15-14/h3-6H,7-10,14H2,1-2H3,(H,15,17). The number of thioether (sulfide) groups is 1. The van der Waals surface area contributed by atoms with E-state index in [0.29, 0.717) is 6.42 Å². The molecule has 0 fully saturated rings. The monoisotopic (exact) mass is 267 g/mol. The summed E-state index contributed by atoms with van der Waals surface area (Å²) >= 11 is 1.88. The number of hydrogen-bond donors (Lipinski definition) is 2. The lowest BCUT2D eigenvalue weighted by atomic mass is 10.1. The number of amides is 1. The molecule has 0 unspecified atom stereocenters. The number of carbonyl (C=O) groups is 1. The maximum atomic E-state index is 11.3. The fraction of sp³-hybridized carbons (Fsp3) is 0.462. The molecule has 0 radical (unpaired) electrons. The summed E-state index contributed by atoms with van der Waals surface area (Å²) in [5.41, 5.74) is 4.44. The van der Waals surface area contributed by atoms with Crippen molar-refractivity contribution < 1.29 is 4.79 Å². The first kappa shape index (κ1) is 15.0. The Kier molecular flexibility index (Phi) is 6.78. The minimum Gasteiger partial charge on any atom is -0.309 e. The first-order chi connectivity index (χ1) is 8.63. The second kappa shape index (κ2) is 8.13. The van der Waals surface area contributed by atoms with Gasteiger partial charge in [0.2, 0.25) is 5.91 Å². The van der Waals surface area contributed by atoms with Crippen molar-refractivity contribution in [3.63, 3.8) is 0 Å². The third kappa shape index (κ3) is 5.53. The number of hydrazine groups is 1. The Morgan fingerprint density at radius 1 is 1.33 bits per heavy atom. The normalized spacial score (nSPS) is 10.7. The van der Waals surface area contributed by atoms with Crippen molar-refractivity contribution in [1.82, 2.24) is 10.3 Å². The zero-order chi connectivity index (χ0) is 13.4. The summed E-state index contributed by atoms with van der Waals surface area (Å²) < 4.78 is 0. The van der Waals surface area contributed by atoms with Crippen molar-refractivity contribution in [1.29, 1.82) is 0 Å². The predicted octanol–water partition coefficient (Wildman–Crippen LogP) is 1.01.